The number of hydrogen-bond acceptors (Lipinski definition) is 3. The highest BCUT2D eigenvalue weighted by molar-refractivity contribution is 6.30. The highest BCUT2D eigenvalue weighted by atomic mass is 35.5. The van der Waals surface area contributed by atoms with Crippen molar-refractivity contribution in [3.8, 4) is 0 Å². The summed E-state index contributed by atoms with van der Waals surface area (Å²) in [5.41, 5.74) is 3.08. The Balaban J connectivity index is 1.44. The molecule has 0 spiro atoms. The van der Waals surface area contributed by atoms with Crippen molar-refractivity contribution in [2.45, 2.75) is 38.0 Å². The van der Waals surface area contributed by atoms with E-state index < -0.39 is 0 Å². The van der Waals surface area contributed by atoms with Crippen LogP contribution in [0, 0.1) is 11.8 Å². The number of aldehydes is 1. The first kappa shape index (κ1) is 20.5. The first-order valence-electron chi connectivity index (χ1n) is 10.5. The number of halogens is 1. The Morgan fingerprint density at radius 2 is 1.80 bits per heavy atom. The minimum Gasteiger partial charge on any atom is -0.326 e. The zero-order chi connectivity index (χ0) is 20.9. The second-order valence-electron chi connectivity index (χ2n) is 8.03. The van der Waals surface area contributed by atoms with E-state index in [0.29, 0.717) is 16.6 Å². The van der Waals surface area contributed by atoms with Gasteiger partial charge in [0, 0.05) is 34.6 Å². The van der Waals surface area contributed by atoms with Gasteiger partial charge in [-0.3, -0.25) is 9.78 Å². The summed E-state index contributed by atoms with van der Waals surface area (Å²) in [6.07, 6.45) is 6.92. The van der Waals surface area contributed by atoms with Crippen LogP contribution in [0.3, 0.4) is 0 Å². The van der Waals surface area contributed by atoms with Gasteiger partial charge in [-0.1, -0.05) is 29.8 Å². The largest absolute Gasteiger partial charge is 0.326 e. The normalized spacial score (nSPS) is 19.9. The van der Waals surface area contributed by atoms with Crippen molar-refractivity contribution in [1.82, 2.24) is 4.98 Å². The molecule has 1 heterocycles. The molecule has 0 saturated heterocycles. The van der Waals surface area contributed by atoms with Gasteiger partial charge in [0.1, 0.15) is 6.29 Å². The topological polar surface area (TPSA) is 59.1 Å². The standard InChI is InChI=1S/C25H25ClN2O2/c26-19-9-11-20(12-10-19)28-25(30)22(14-16-29)18-7-5-17(6-8-18)21-13-15-27-24-4-2-1-3-23(21)24/h1-4,9-13,15-18,22H,5-8,14H2,(H,28,30). The van der Waals surface area contributed by atoms with Gasteiger partial charge in [0.15, 0.2) is 0 Å². The Hall–Kier alpha value is -2.72. The molecule has 1 amide bonds. The third-order valence-corrected chi connectivity index (χ3v) is 6.51. The molecule has 4 nitrogen and oxygen atoms in total. The fraction of sp³-hybridized carbons (Fsp3) is 0.320. The molecular weight excluding hydrogens is 396 g/mol. The number of carbonyl (C=O) groups excluding carboxylic acids is 2. The smallest absolute Gasteiger partial charge is 0.228 e. The van der Waals surface area contributed by atoms with Gasteiger partial charge in [0.2, 0.25) is 5.91 Å². The fourth-order valence-electron chi connectivity index (χ4n) is 4.69. The number of nitrogens with zero attached hydrogens (tertiary/aromatic N) is 1. The quantitative estimate of drug-likeness (QED) is 0.497. The molecule has 0 radical (unpaired) electrons. The number of para-hydroxylation sites is 1. The Morgan fingerprint density at radius 1 is 1.07 bits per heavy atom. The van der Waals surface area contributed by atoms with Crippen molar-refractivity contribution in [2.24, 2.45) is 11.8 Å². The van der Waals surface area contributed by atoms with Crippen LogP contribution in [0.4, 0.5) is 5.69 Å². The maximum absolute atomic E-state index is 12.9. The molecule has 1 unspecified atom stereocenters. The lowest BCUT2D eigenvalue weighted by Gasteiger charge is -2.33. The van der Waals surface area contributed by atoms with E-state index in [1.54, 1.807) is 24.3 Å². The minimum atomic E-state index is -0.298. The van der Waals surface area contributed by atoms with Crippen molar-refractivity contribution in [3.63, 3.8) is 0 Å². The third-order valence-electron chi connectivity index (χ3n) is 6.26. The van der Waals surface area contributed by atoms with Gasteiger partial charge in [-0.15, -0.1) is 0 Å². The minimum absolute atomic E-state index is 0.0813. The summed E-state index contributed by atoms with van der Waals surface area (Å²) in [6, 6.07) is 17.4. The number of carbonyl (C=O) groups is 2. The van der Waals surface area contributed by atoms with Crippen LogP contribution < -0.4 is 5.32 Å². The second-order valence-corrected chi connectivity index (χ2v) is 8.47. The van der Waals surface area contributed by atoms with E-state index in [2.05, 4.69) is 28.5 Å². The Morgan fingerprint density at radius 3 is 2.53 bits per heavy atom. The number of pyridine rings is 1. The molecule has 0 aliphatic heterocycles. The van der Waals surface area contributed by atoms with Crippen molar-refractivity contribution < 1.29 is 9.59 Å². The Kier molecular flexibility index (Phi) is 6.44. The van der Waals surface area contributed by atoms with Crippen LogP contribution >= 0.6 is 11.6 Å². The lowest BCUT2D eigenvalue weighted by atomic mass is 9.72. The van der Waals surface area contributed by atoms with Crippen LogP contribution in [0.2, 0.25) is 5.02 Å². The number of aromatic nitrogens is 1. The number of nitrogens with one attached hydrogen (secondary N) is 1. The summed E-state index contributed by atoms with van der Waals surface area (Å²) >= 11 is 5.92. The monoisotopic (exact) mass is 420 g/mol. The van der Waals surface area contributed by atoms with Crippen molar-refractivity contribution in [1.29, 1.82) is 0 Å². The molecule has 1 N–H and O–H groups in total. The molecule has 1 atom stereocenters. The lowest BCUT2D eigenvalue weighted by molar-refractivity contribution is -0.124. The molecule has 30 heavy (non-hydrogen) atoms. The maximum Gasteiger partial charge on any atom is 0.228 e. The molecule has 4 rings (SSSR count). The van der Waals surface area contributed by atoms with Crippen LogP contribution in [-0.2, 0) is 9.59 Å². The highest BCUT2D eigenvalue weighted by Gasteiger charge is 2.32. The summed E-state index contributed by atoms with van der Waals surface area (Å²) in [6.45, 7) is 0. The molecule has 2 aromatic carbocycles. The van der Waals surface area contributed by atoms with Crippen molar-refractivity contribution in [2.75, 3.05) is 5.32 Å². The van der Waals surface area contributed by atoms with E-state index in [1.807, 2.05) is 18.3 Å². The summed E-state index contributed by atoms with van der Waals surface area (Å²) in [4.78, 5) is 28.7. The van der Waals surface area contributed by atoms with Crippen molar-refractivity contribution in [3.05, 3.63) is 71.4 Å². The van der Waals surface area contributed by atoms with E-state index in [1.165, 1.54) is 10.9 Å². The van der Waals surface area contributed by atoms with Crippen LogP contribution in [0.25, 0.3) is 10.9 Å². The molecule has 1 aliphatic rings. The lowest BCUT2D eigenvalue weighted by Crippen LogP contribution is -2.32. The van der Waals surface area contributed by atoms with E-state index in [9.17, 15) is 9.59 Å². The predicted octanol–water partition coefficient (Wildman–Crippen LogP) is 6.01. The summed E-state index contributed by atoms with van der Waals surface area (Å²) < 4.78 is 0. The zero-order valence-corrected chi connectivity index (χ0v) is 17.5. The maximum atomic E-state index is 12.9. The summed E-state index contributed by atoms with van der Waals surface area (Å²) in [5.74, 6) is 0.299. The summed E-state index contributed by atoms with van der Waals surface area (Å²) in [7, 11) is 0. The SMILES string of the molecule is O=CCC(C(=O)Nc1ccc(Cl)cc1)C1CCC(c2ccnc3ccccc23)CC1. The molecular formula is C25H25ClN2O2. The number of fused-ring (bicyclic) bond motifs is 1. The summed E-state index contributed by atoms with van der Waals surface area (Å²) in [5, 5.41) is 4.79. The molecule has 1 aliphatic carbocycles. The molecule has 5 heteroatoms. The molecule has 3 aromatic rings. The number of anilines is 1. The first-order valence-corrected chi connectivity index (χ1v) is 10.9. The van der Waals surface area contributed by atoms with E-state index in [0.717, 1.165) is 37.5 Å². The predicted molar refractivity (Wildman–Crippen MR) is 121 cm³/mol. The third kappa shape index (κ3) is 4.54. The van der Waals surface area contributed by atoms with Crippen molar-refractivity contribution >= 4 is 40.4 Å². The van der Waals surface area contributed by atoms with Gasteiger partial charge >= 0.3 is 0 Å². The molecule has 1 fully saturated rings. The molecule has 1 saturated carbocycles. The average Bonchev–Trinajstić information content (AvgIpc) is 2.79. The average molecular weight is 421 g/mol. The fourth-order valence-corrected chi connectivity index (χ4v) is 4.82. The highest BCUT2D eigenvalue weighted by Crippen LogP contribution is 2.41. The molecule has 0 bridgehead atoms. The molecule has 154 valence electrons. The van der Waals surface area contributed by atoms with Gasteiger partial charge in [0.25, 0.3) is 0 Å². The van der Waals surface area contributed by atoms with E-state index >= 15 is 0 Å². The first-order chi connectivity index (χ1) is 14.7. The van der Waals surface area contributed by atoms with Gasteiger partial charge < -0.3 is 10.1 Å². The Labute approximate surface area is 181 Å². The Bertz CT molecular complexity index is 1020. The van der Waals surface area contributed by atoms with Gasteiger partial charge in [0.05, 0.1) is 5.52 Å². The number of hydrogen-bond donors (Lipinski definition) is 1. The van der Waals surface area contributed by atoms with E-state index in [4.69, 9.17) is 11.6 Å². The van der Waals surface area contributed by atoms with Crippen LogP contribution in [-0.4, -0.2) is 17.2 Å². The van der Waals surface area contributed by atoms with Gasteiger partial charge in [-0.05, 0) is 79.5 Å². The number of rotatable bonds is 6. The van der Waals surface area contributed by atoms with E-state index in [-0.39, 0.29) is 24.2 Å². The number of amides is 1. The number of benzene rings is 2. The second kappa shape index (κ2) is 9.40. The van der Waals surface area contributed by atoms with Gasteiger partial charge in [-0.25, -0.2) is 0 Å². The van der Waals surface area contributed by atoms with Crippen LogP contribution in [0.1, 0.15) is 43.6 Å². The molecule has 1 aromatic heterocycles. The zero-order valence-electron chi connectivity index (χ0n) is 16.8. The van der Waals surface area contributed by atoms with Crippen LogP contribution in [0.15, 0.2) is 60.8 Å². The van der Waals surface area contributed by atoms with Crippen LogP contribution in [0.5, 0.6) is 0 Å². The van der Waals surface area contributed by atoms with Gasteiger partial charge in [-0.2, -0.15) is 0 Å².